The van der Waals surface area contributed by atoms with Gasteiger partial charge in [-0.05, 0) is 55.0 Å². The molecule has 0 fully saturated rings. The highest BCUT2D eigenvalue weighted by atomic mass is 16.5. The Morgan fingerprint density at radius 1 is 1.08 bits per heavy atom. The lowest BCUT2D eigenvalue weighted by Crippen LogP contribution is -2.22. The van der Waals surface area contributed by atoms with Crippen LogP contribution in [0.2, 0.25) is 0 Å². The van der Waals surface area contributed by atoms with Gasteiger partial charge in [-0.2, -0.15) is 0 Å². The number of nitrogens with one attached hydrogen (secondary N) is 2. The number of H-pyrrole nitrogens is 1. The minimum atomic E-state index is 0.00404. The second-order valence-corrected chi connectivity index (χ2v) is 6.55. The predicted molar refractivity (Wildman–Crippen MR) is 106 cm³/mol. The third-order valence-corrected chi connectivity index (χ3v) is 4.48. The number of aromatic nitrogens is 1. The minimum absolute atomic E-state index is 0.00404. The molecule has 0 aliphatic carbocycles. The van der Waals surface area contributed by atoms with Crippen LogP contribution in [0, 0.1) is 0 Å². The van der Waals surface area contributed by atoms with Crippen LogP contribution >= 0.6 is 0 Å². The van der Waals surface area contributed by atoms with E-state index in [0.29, 0.717) is 6.54 Å². The Kier molecular flexibility index (Phi) is 6.31. The molecule has 1 amide bonds. The highest BCUT2D eigenvalue weighted by Gasteiger charge is 2.06. The molecule has 3 aromatic rings. The quantitative estimate of drug-likeness (QED) is 0.567. The fourth-order valence-corrected chi connectivity index (χ4v) is 3.09. The zero-order chi connectivity index (χ0) is 18.2. The van der Waals surface area contributed by atoms with Gasteiger partial charge in [-0.25, -0.2) is 0 Å². The van der Waals surface area contributed by atoms with Crippen LogP contribution in [0.5, 0.6) is 5.75 Å². The number of ether oxygens (including phenoxy) is 1. The van der Waals surface area contributed by atoms with E-state index in [1.807, 2.05) is 18.3 Å². The second kappa shape index (κ2) is 9.09. The molecular formula is C22H26N2O2. The molecule has 4 heteroatoms. The summed E-state index contributed by atoms with van der Waals surface area (Å²) in [6.45, 7) is 2.91. The number of carbonyl (C=O) groups is 1. The van der Waals surface area contributed by atoms with Gasteiger partial charge < -0.3 is 15.0 Å². The lowest BCUT2D eigenvalue weighted by Gasteiger charge is -2.07. The van der Waals surface area contributed by atoms with Gasteiger partial charge in [0.25, 0.3) is 0 Å². The molecular weight excluding hydrogens is 324 g/mol. The molecule has 136 valence electrons. The summed E-state index contributed by atoms with van der Waals surface area (Å²) in [5.74, 6) is 0.905. The Labute approximate surface area is 154 Å². The summed E-state index contributed by atoms with van der Waals surface area (Å²) in [7, 11) is 0. The van der Waals surface area contributed by atoms with Crippen LogP contribution in [-0.4, -0.2) is 24.0 Å². The fraction of sp³-hybridized carbons (Fsp3) is 0.318. The first-order valence-corrected chi connectivity index (χ1v) is 9.23. The smallest absolute Gasteiger partial charge is 0.216 e. The van der Waals surface area contributed by atoms with Gasteiger partial charge >= 0.3 is 0 Å². The van der Waals surface area contributed by atoms with Crippen LogP contribution < -0.4 is 10.1 Å². The fourth-order valence-electron chi connectivity index (χ4n) is 3.09. The number of aryl methyl sites for hydroxylation is 1. The summed E-state index contributed by atoms with van der Waals surface area (Å²) in [4.78, 5) is 14.3. The van der Waals surface area contributed by atoms with E-state index in [1.54, 1.807) is 6.92 Å². The molecule has 0 aliphatic rings. The van der Waals surface area contributed by atoms with Gasteiger partial charge in [-0.15, -0.1) is 0 Å². The number of hydrogen-bond acceptors (Lipinski definition) is 2. The van der Waals surface area contributed by atoms with Crippen molar-refractivity contribution in [2.75, 3.05) is 13.2 Å². The van der Waals surface area contributed by atoms with Gasteiger partial charge in [0, 0.05) is 30.6 Å². The number of hydrogen-bond donors (Lipinski definition) is 2. The molecule has 0 saturated carbocycles. The SMILES string of the molecule is CC(=O)NCCc1c[nH]c2ccc(OCCCCc3ccccc3)cc12. The molecule has 0 atom stereocenters. The number of amides is 1. The molecule has 0 radical (unpaired) electrons. The summed E-state index contributed by atoms with van der Waals surface area (Å²) >= 11 is 0. The van der Waals surface area contributed by atoms with Crippen molar-refractivity contribution in [1.29, 1.82) is 0 Å². The summed E-state index contributed by atoms with van der Waals surface area (Å²) < 4.78 is 5.94. The van der Waals surface area contributed by atoms with Gasteiger partial charge in [0.05, 0.1) is 6.61 Å². The maximum Gasteiger partial charge on any atom is 0.216 e. The van der Waals surface area contributed by atoms with Gasteiger partial charge in [-0.1, -0.05) is 30.3 Å². The Morgan fingerprint density at radius 3 is 2.73 bits per heavy atom. The normalized spacial score (nSPS) is 10.8. The first-order valence-electron chi connectivity index (χ1n) is 9.23. The molecule has 0 aliphatic heterocycles. The molecule has 3 rings (SSSR count). The van der Waals surface area contributed by atoms with Crippen molar-refractivity contribution < 1.29 is 9.53 Å². The average Bonchev–Trinajstić information content (AvgIpc) is 3.04. The van der Waals surface area contributed by atoms with E-state index in [2.05, 4.69) is 46.7 Å². The van der Waals surface area contributed by atoms with Crippen LogP contribution in [0.15, 0.2) is 54.7 Å². The maximum absolute atomic E-state index is 11.0. The van der Waals surface area contributed by atoms with Gasteiger partial charge in [0.15, 0.2) is 0 Å². The van der Waals surface area contributed by atoms with E-state index < -0.39 is 0 Å². The average molecular weight is 350 g/mol. The van der Waals surface area contributed by atoms with Gasteiger partial charge in [-0.3, -0.25) is 4.79 Å². The Bertz CT molecular complexity index is 840. The van der Waals surface area contributed by atoms with Crippen molar-refractivity contribution in [3.8, 4) is 5.75 Å². The number of carbonyl (C=O) groups excluding carboxylic acids is 1. The van der Waals surface area contributed by atoms with Crippen LogP contribution in [0.4, 0.5) is 0 Å². The molecule has 2 aromatic carbocycles. The summed E-state index contributed by atoms with van der Waals surface area (Å²) in [6, 6.07) is 16.7. The zero-order valence-electron chi connectivity index (χ0n) is 15.3. The third kappa shape index (κ3) is 5.12. The maximum atomic E-state index is 11.0. The van der Waals surface area contributed by atoms with E-state index in [1.165, 1.54) is 11.1 Å². The van der Waals surface area contributed by atoms with Crippen LogP contribution in [-0.2, 0) is 17.6 Å². The third-order valence-electron chi connectivity index (χ3n) is 4.48. The van der Waals surface area contributed by atoms with E-state index in [9.17, 15) is 4.79 Å². The summed E-state index contributed by atoms with van der Waals surface area (Å²) in [5.41, 5.74) is 3.67. The first-order chi connectivity index (χ1) is 12.7. The highest BCUT2D eigenvalue weighted by Crippen LogP contribution is 2.24. The first kappa shape index (κ1) is 18.1. The standard InChI is InChI=1S/C22H26N2O2/c1-17(25)23-13-12-19-16-24-22-11-10-20(15-21(19)22)26-14-6-5-9-18-7-3-2-4-8-18/h2-4,7-8,10-11,15-16,24H,5-6,9,12-14H2,1H3,(H,23,25). The predicted octanol–water partition coefficient (Wildman–Crippen LogP) is 4.25. The number of unbranched alkanes of at least 4 members (excludes halogenated alkanes) is 1. The summed E-state index contributed by atoms with van der Waals surface area (Å²) in [6.07, 6.45) is 6.07. The van der Waals surface area contributed by atoms with Crippen LogP contribution in [0.3, 0.4) is 0 Å². The Balaban J connectivity index is 1.49. The largest absolute Gasteiger partial charge is 0.494 e. The minimum Gasteiger partial charge on any atom is -0.494 e. The highest BCUT2D eigenvalue weighted by molar-refractivity contribution is 5.84. The molecule has 1 aromatic heterocycles. The molecule has 1 heterocycles. The van der Waals surface area contributed by atoms with E-state index >= 15 is 0 Å². The Morgan fingerprint density at radius 2 is 1.92 bits per heavy atom. The molecule has 0 spiro atoms. The van der Waals surface area contributed by atoms with Crippen molar-refractivity contribution in [2.24, 2.45) is 0 Å². The van der Waals surface area contributed by atoms with Crippen molar-refractivity contribution in [1.82, 2.24) is 10.3 Å². The number of rotatable bonds is 9. The van der Waals surface area contributed by atoms with Crippen molar-refractivity contribution in [3.05, 3.63) is 65.9 Å². The monoisotopic (exact) mass is 350 g/mol. The number of aromatic amines is 1. The zero-order valence-corrected chi connectivity index (χ0v) is 15.3. The lowest BCUT2D eigenvalue weighted by molar-refractivity contribution is -0.118. The van der Waals surface area contributed by atoms with Crippen molar-refractivity contribution in [2.45, 2.75) is 32.6 Å². The molecule has 0 bridgehead atoms. The van der Waals surface area contributed by atoms with Gasteiger partial charge in [0.2, 0.25) is 5.91 Å². The topological polar surface area (TPSA) is 54.1 Å². The van der Waals surface area contributed by atoms with Crippen molar-refractivity contribution >= 4 is 16.8 Å². The van der Waals surface area contributed by atoms with E-state index in [-0.39, 0.29) is 5.91 Å². The number of fused-ring (bicyclic) bond motifs is 1. The lowest BCUT2D eigenvalue weighted by atomic mass is 10.1. The Hall–Kier alpha value is -2.75. The summed E-state index contributed by atoms with van der Waals surface area (Å²) in [5, 5.41) is 4.00. The van der Waals surface area contributed by atoms with Crippen molar-refractivity contribution in [3.63, 3.8) is 0 Å². The number of benzene rings is 2. The molecule has 2 N–H and O–H groups in total. The van der Waals surface area contributed by atoms with Crippen LogP contribution in [0.25, 0.3) is 10.9 Å². The van der Waals surface area contributed by atoms with E-state index in [4.69, 9.17) is 4.74 Å². The van der Waals surface area contributed by atoms with E-state index in [0.717, 1.165) is 48.9 Å². The second-order valence-electron chi connectivity index (χ2n) is 6.55. The molecule has 0 saturated heterocycles. The van der Waals surface area contributed by atoms with Gasteiger partial charge in [0.1, 0.15) is 5.75 Å². The molecule has 4 nitrogen and oxygen atoms in total. The molecule has 26 heavy (non-hydrogen) atoms. The van der Waals surface area contributed by atoms with Crippen LogP contribution in [0.1, 0.15) is 30.9 Å². The molecule has 0 unspecified atom stereocenters.